The van der Waals surface area contributed by atoms with Crippen molar-refractivity contribution < 1.29 is 0 Å². The summed E-state index contributed by atoms with van der Waals surface area (Å²) in [6, 6.07) is 2.64. The molecule has 0 aliphatic heterocycles. The van der Waals surface area contributed by atoms with Crippen molar-refractivity contribution in [1.29, 1.82) is 0 Å². The molecular weight excluding hydrogens is 318 g/mol. The van der Waals surface area contributed by atoms with Crippen LogP contribution in [0.15, 0.2) is 15.9 Å². The zero-order chi connectivity index (χ0) is 13.0. The van der Waals surface area contributed by atoms with E-state index in [2.05, 4.69) is 27.4 Å². The fourth-order valence-electron chi connectivity index (χ4n) is 5.50. The number of halogens is 1. The summed E-state index contributed by atoms with van der Waals surface area (Å²) in [6.45, 7) is 0. The SMILES string of the molecule is NC(Cc1cc(Br)cs1)C1C2CC3CC(C2)CC1C3. The highest BCUT2D eigenvalue weighted by atomic mass is 79.9. The van der Waals surface area contributed by atoms with Crippen LogP contribution in [0.3, 0.4) is 0 Å². The predicted molar refractivity (Wildman–Crippen MR) is 84.2 cm³/mol. The Hall–Kier alpha value is 0.140. The van der Waals surface area contributed by atoms with E-state index in [4.69, 9.17) is 5.73 Å². The van der Waals surface area contributed by atoms with Crippen LogP contribution in [0.25, 0.3) is 0 Å². The van der Waals surface area contributed by atoms with Crippen LogP contribution in [-0.2, 0) is 6.42 Å². The van der Waals surface area contributed by atoms with Crippen molar-refractivity contribution in [2.45, 2.75) is 44.6 Å². The van der Waals surface area contributed by atoms with Crippen LogP contribution in [-0.4, -0.2) is 6.04 Å². The van der Waals surface area contributed by atoms with Crippen LogP contribution in [0, 0.1) is 29.6 Å². The summed E-state index contributed by atoms with van der Waals surface area (Å²) in [6.07, 6.45) is 8.56. The number of rotatable bonds is 3. The molecule has 4 aliphatic rings. The molecule has 1 aromatic heterocycles. The summed E-state index contributed by atoms with van der Waals surface area (Å²) in [4.78, 5) is 1.45. The van der Waals surface area contributed by atoms with Gasteiger partial charge in [0.1, 0.15) is 0 Å². The maximum atomic E-state index is 6.63. The van der Waals surface area contributed by atoms with E-state index in [1.807, 2.05) is 11.3 Å². The van der Waals surface area contributed by atoms with Gasteiger partial charge in [-0.05, 0) is 90.1 Å². The summed E-state index contributed by atoms with van der Waals surface area (Å²) >= 11 is 5.40. The Labute approximate surface area is 128 Å². The maximum Gasteiger partial charge on any atom is 0.0285 e. The fourth-order valence-corrected chi connectivity index (χ4v) is 7.02. The summed E-state index contributed by atoms with van der Waals surface area (Å²) < 4.78 is 1.21. The van der Waals surface area contributed by atoms with Crippen LogP contribution in [0.5, 0.6) is 0 Å². The maximum absolute atomic E-state index is 6.63. The van der Waals surface area contributed by atoms with E-state index in [1.54, 1.807) is 0 Å². The van der Waals surface area contributed by atoms with Crippen molar-refractivity contribution in [3.63, 3.8) is 0 Å². The van der Waals surface area contributed by atoms with Gasteiger partial charge in [-0.25, -0.2) is 0 Å². The minimum Gasteiger partial charge on any atom is -0.327 e. The van der Waals surface area contributed by atoms with Crippen LogP contribution < -0.4 is 5.73 Å². The van der Waals surface area contributed by atoms with Gasteiger partial charge in [-0.2, -0.15) is 0 Å². The monoisotopic (exact) mass is 339 g/mol. The third kappa shape index (κ3) is 2.32. The molecule has 4 saturated carbocycles. The molecule has 3 heteroatoms. The number of hydrogen-bond donors (Lipinski definition) is 1. The number of thiophene rings is 1. The van der Waals surface area contributed by atoms with Gasteiger partial charge in [0.15, 0.2) is 0 Å². The van der Waals surface area contributed by atoms with E-state index in [0.29, 0.717) is 6.04 Å². The molecule has 0 aromatic carbocycles. The smallest absolute Gasteiger partial charge is 0.0285 e. The molecule has 2 N–H and O–H groups in total. The van der Waals surface area contributed by atoms with Gasteiger partial charge >= 0.3 is 0 Å². The molecule has 19 heavy (non-hydrogen) atoms. The second-order valence-corrected chi connectivity index (χ2v) is 9.02. The van der Waals surface area contributed by atoms with Crippen LogP contribution in [0.4, 0.5) is 0 Å². The summed E-state index contributed by atoms with van der Waals surface area (Å²) in [5, 5.41) is 2.18. The van der Waals surface area contributed by atoms with Crippen LogP contribution >= 0.6 is 27.3 Å². The molecule has 1 unspecified atom stereocenters. The van der Waals surface area contributed by atoms with Crippen molar-refractivity contribution in [3.05, 3.63) is 20.8 Å². The Kier molecular flexibility index (Phi) is 3.28. The van der Waals surface area contributed by atoms with E-state index in [9.17, 15) is 0 Å². The Balaban J connectivity index is 1.49. The molecule has 4 aliphatic carbocycles. The van der Waals surface area contributed by atoms with E-state index in [0.717, 1.165) is 36.0 Å². The van der Waals surface area contributed by atoms with Gasteiger partial charge in [-0.15, -0.1) is 11.3 Å². The molecule has 5 rings (SSSR count). The molecule has 4 bridgehead atoms. The van der Waals surface area contributed by atoms with E-state index >= 15 is 0 Å². The molecule has 4 fully saturated rings. The van der Waals surface area contributed by atoms with Gasteiger partial charge in [0, 0.05) is 20.8 Å². The zero-order valence-corrected chi connectivity index (χ0v) is 13.6. The van der Waals surface area contributed by atoms with E-state index < -0.39 is 0 Å². The molecule has 0 spiro atoms. The predicted octanol–water partition coefficient (Wildman–Crippen LogP) is 4.45. The van der Waals surface area contributed by atoms with Gasteiger partial charge in [0.25, 0.3) is 0 Å². The first kappa shape index (κ1) is 12.8. The average Bonchev–Trinajstić information content (AvgIpc) is 2.73. The highest BCUT2D eigenvalue weighted by molar-refractivity contribution is 9.10. The molecule has 0 radical (unpaired) electrons. The second kappa shape index (κ2) is 4.85. The topological polar surface area (TPSA) is 26.0 Å². The lowest BCUT2D eigenvalue weighted by atomic mass is 9.50. The molecule has 1 heterocycles. The largest absolute Gasteiger partial charge is 0.327 e. The van der Waals surface area contributed by atoms with Crippen molar-refractivity contribution in [1.82, 2.24) is 0 Å². The minimum absolute atomic E-state index is 0.389. The Bertz CT molecular complexity index is 441. The first-order valence-electron chi connectivity index (χ1n) is 7.67. The third-order valence-electron chi connectivity index (χ3n) is 5.85. The summed E-state index contributed by atoms with van der Waals surface area (Å²) in [5.74, 6) is 4.83. The quantitative estimate of drug-likeness (QED) is 0.864. The van der Waals surface area contributed by atoms with Gasteiger partial charge in [0.05, 0.1) is 0 Å². The Morgan fingerprint density at radius 1 is 1.16 bits per heavy atom. The first-order valence-corrected chi connectivity index (χ1v) is 9.35. The minimum atomic E-state index is 0.389. The highest BCUT2D eigenvalue weighted by Gasteiger charge is 2.49. The summed E-state index contributed by atoms with van der Waals surface area (Å²) in [7, 11) is 0. The standard InChI is InChI=1S/C16H22BrNS/c17-13-6-14(19-8-13)7-15(18)16-11-2-9-1-10(4-11)5-12(16)3-9/h6,8-12,15-16H,1-5,7,18H2. The van der Waals surface area contributed by atoms with Crippen molar-refractivity contribution >= 4 is 27.3 Å². The van der Waals surface area contributed by atoms with Crippen molar-refractivity contribution in [2.24, 2.45) is 35.3 Å². The Morgan fingerprint density at radius 2 is 1.79 bits per heavy atom. The second-order valence-electron chi connectivity index (χ2n) is 7.11. The van der Waals surface area contributed by atoms with Crippen molar-refractivity contribution in [2.75, 3.05) is 0 Å². The summed E-state index contributed by atoms with van der Waals surface area (Å²) in [5.41, 5.74) is 6.63. The third-order valence-corrected chi connectivity index (χ3v) is 7.57. The molecule has 1 nitrogen and oxygen atoms in total. The lowest BCUT2D eigenvalue weighted by Crippen LogP contribution is -2.52. The lowest BCUT2D eigenvalue weighted by molar-refractivity contribution is -0.0464. The number of nitrogens with two attached hydrogens (primary N) is 1. The molecule has 104 valence electrons. The van der Waals surface area contributed by atoms with Crippen LogP contribution in [0.2, 0.25) is 0 Å². The Morgan fingerprint density at radius 3 is 2.32 bits per heavy atom. The van der Waals surface area contributed by atoms with Gasteiger partial charge < -0.3 is 5.73 Å². The van der Waals surface area contributed by atoms with Gasteiger partial charge in [-0.1, -0.05) is 0 Å². The normalized spacial score (nSPS) is 41.7. The lowest BCUT2D eigenvalue weighted by Gasteiger charge is -2.56. The number of hydrogen-bond acceptors (Lipinski definition) is 2. The van der Waals surface area contributed by atoms with Crippen LogP contribution in [0.1, 0.15) is 37.0 Å². The van der Waals surface area contributed by atoms with Gasteiger partial charge in [0.2, 0.25) is 0 Å². The van der Waals surface area contributed by atoms with E-state index in [-0.39, 0.29) is 0 Å². The van der Waals surface area contributed by atoms with E-state index in [1.165, 1.54) is 41.5 Å². The molecular formula is C16H22BrNS. The first-order chi connectivity index (χ1) is 9.19. The highest BCUT2D eigenvalue weighted by Crippen LogP contribution is 2.57. The average molecular weight is 340 g/mol. The molecule has 1 aromatic rings. The molecule has 0 saturated heterocycles. The molecule has 1 atom stereocenters. The molecule has 0 amide bonds. The fraction of sp³-hybridized carbons (Fsp3) is 0.750. The zero-order valence-electron chi connectivity index (χ0n) is 11.2. The van der Waals surface area contributed by atoms with Gasteiger partial charge in [-0.3, -0.25) is 0 Å². The van der Waals surface area contributed by atoms with Crippen molar-refractivity contribution in [3.8, 4) is 0 Å².